The van der Waals surface area contributed by atoms with Crippen molar-refractivity contribution in [3.63, 3.8) is 0 Å². The second-order valence-electron chi connectivity index (χ2n) is 6.25. The molecule has 142 valence electrons. The van der Waals surface area contributed by atoms with Gasteiger partial charge in [0, 0.05) is 16.8 Å². The number of nitrogens with one attached hydrogen (secondary N) is 2. The van der Waals surface area contributed by atoms with Gasteiger partial charge in [-0.05, 0) is 18.2 Å². The van der Waals surface area contributed by atoms with E-state index in [1.807, 2.05) is 78.9 Å². The molecule has 0 saturated heterocycles. The van der Waals surface area contributed by atoms with Gasteiger partial charge < -0.3 is 10.6 Å². The minimum absolute atomic E-state index is 0.388. The average Bonchev–Trinajstić information content (AvgIpc) is 2.76. The summed E-state index contributed by atoms with van der Waals surface area (Å²) in [6.07, 6.45) is 1.60. The third kappa shape index (κ3) is 4.42. The highest BCUT2D eigenvalue weighted by Crippen LogP contribution is 2.33. The van der Waals surface area contributed by atoms with E-state index in [1.54, 1.807) is 12.3 Å². The van der Waals surface area contributed by atoms with E-state index in [1.165, 1.54) is 0 Å². The SMILES string of the molecule is O=C(Nc1ccccc1)Nc1cnc(-c2ccccc2)nc1-c1ccccc1Cl. The van der Waals surface area contributed by atoms with E-state index in [0.717, 1.165) is 5.56 Å². The Morgan fingerprint density at radius 2 is 1.45 bits per heavy atom. The Labute approximate surface area is 173 Å². The van der Waals surface area contributed by atoms with Crippen molar-refractivity contribution >= 4 is 29.0 Å². The van der Waals surface area contributed by atoms with Crippen LogP contribution in [0.5, 0.6) is 0 Å². The third-order valence-corrected chi connectivity index (χ3v) is 4.56. The van der Waals surface area contributed by atoms with Crippen molar-refractivity contribution in [1.82, 2.24) is 9.97 Å². The van der Waals surface area contributed by atoms with Crippen LogP contribution in [0, 0.1) is 0 Å². The molecule has 2 N–H and O–H groups in total. The molecule has 4 aromatic rings. The zero-order valence-corrected chi connectivity index (χ0v) is 16.1. The zero-order valence-electron chi connectivity index (χ0n) is 15.3. The summed E-state index contributed by atoms with van der Waals surface area (Å²) in [5, 5.41) is 6.16. The lowest BCUT2D eigenvalue weighted by Gasteiger charge is -2.13. The normalized spacial score (nSPS) is 10.4. The predicted octanol–water partition coefficient (Wildman–Crippen LogP) is 6.11. The van der Waals surface area contributed by atoms with Crippen molar-refractivity contribution in [2.45, 2.75) is 0 Å². The number of amides is 2. The van der Waals surface area contributed by atoms with Crippen LogP contribution in [0.1, 0.15) is 0 Å². The topological polar surface area (TPSA) is 66.9 Å². The molecule has 0 aliphatic heterocycles. The van der Waals surface area contributed by atoms with Crippen LogP contribution >= 0.6 is 11.6 Å². The summed E-state index contributed by atoms with van der Waals surface area (Å²) in [6, 6.07) is 25.8. The van der Waals surface area contributed by atoms with Crippen molar-refractivity contribution < 1.29 is 4.79 Å². The highest BCUT2D eigenvalue weighted by Gasteiger charge is 2.15. The van der Waals surface area contributed by atoms with Crippen LogP contribution in [-0.2, 0) is 0 Å². The molecule has 0 spiro atoms. The lowest BCUT2D eigenvalue weighted by atomic mass is 10.1. The Hall–Kier alpha value is -3.70. The molecule has 5 nitrogen and oxygen atoms in total. The number of hydrogen-bond donors (Lipinski definition) is 2. The number of para-hydroxylation sites is 1. The molecule has 4 rings (SSSR count). The number of nitrogens with zero attached hydrogens (tertiary/aromatic N) is 2. The fourth-order valence-electron chi connectivity index (χ4n) is 2.86. The molecule has 2 amide bonds. The van der Waals surface area contributed by atoms with Crippen molar-refractivity contribution in [2.24, 2.45) is 0 Å². The van der Waals surface area contributed by atoms with E-state index in [9.17, 15) is 4.79 Å². The molecule has 0 atom stereocenters. The van der Waals surface area contributed by atoms with Crippen LogP contribution in [0.3, 0.4) is 0 Å². The van der Waals surface area contributed by atoms with Gasteiger partial charge in [-0.3, -0.25) is 0 Å². The van der Waals surface area contributed by atoms with E-state index in [2.05, 4.69) is 15.6 Å². The molecule has 0 aliphatic rings. The number of halogens is 1. The van der Waals surface area contributed by atoms with Gasteiger partial charge in [0.25, 0.3) is 0 Å². The predicted molar refractivity (Wildman–Crippen MR) is 117 cm³/mol. The van der Waals surface area contributed by atoms with Gasteiger partial charge >= 0.3 is 6.03 Å². The van der Waals surface area contributed by atoms with Gasteiger partial charge in [-0.1, -0.05) is 78.3 Å². The van der Waals surface area contributed by atoms with Crippen LogP contribution < -0.4 is 10.6 Å². The highest BCUT2D eigenvalue weighted by atomic mass is 35.5. The summed E-state index contributed by atoms with van der Waals surface area (Å²) in [4.78, 5) is 21.6. The average molecular weight is 401 g/mol. The number of rotatable bonds is 4. The smallest absolute Gasteiger partial charge is 0.308 e. The lowest BCUT2D eigenvalue weighted by molar-refractivity contribution is 0.262. The Morgan fingerprint density at radius 3 is 2.17 bits per heavy atom. The van der Waals surface area contributed by atoms with Gasteiger partial charge in [0.15, 0.2) is 5.82 Å². The molecule has 29 heavy (non-hydrogen) atoms. The molecule has 1 heterocycles. The standard InChI is InChI=1S/C23H17ClN4O/c24-19-14-8-7-13-18(19)21-20(27-23(29)26-17-11-5-2-6-12-17)15-25-22(28-21)16-9-3-1-4-10-16/h1-15H,(H2,26,27,29). The highest BCUT2D eigenvalue weighted by molar-refractivity contribution is 6.33. The van der Waals surface area contributed by atoms with Crippen LogP contribution in [0.15, 0.2) is 91.1 Å². The molecule has 1 aromatic heterocycles. The zero-order chi connectivity index (χ0) is 20.1. The van der Waals surface area contributed by atoms with Gasteiger partial charge in [-0.2, -0.15) is 0 Å². The first-order chi connectivity index (χ1) is 14.2. The minimum Gasteiger partial charge on any atom is -0.308 e. The first kappa shape index (κ1) is 18.7. The van der Waals surface area contributed by atoms with Crippen LogP contribution in [0.2, 0.25) is 5.02 Å². The lowest BCUT2D eigenvalue weighted by Crippen LogP contribution is -2.20. The van der Waals surface area contributed by atoms with E-state index in [4.69, 9.17) is 16.6 Å². The molecular weight excluding hydrogens is 384 g/mol. The fraction of sp³-hybridized carbons (Fsp3) is 0. The third-order valence-electron chi connectivity index (χ3n) is 4.23. The van der Waals surface area contributed by atoms with E-state index >= 15 is 0 Å². The number of aromatic nitrogens is 2. The first-order valence-electron chi connectivity index (χ1n) is 9.01. The Kier molecular flexibility index (Phi) is 5.49. The number of urea groups is 1. The minimum atomic E-state index is -0.388. The van der Waals surface area contributed by atoms with Crippen LogP contribution in [-0.4, -0.2) is 16.0 Å². The molecule has 3 aromatic carbocycles. The fourth-order valence-corrected chi connectivity index (χ4v) is 3.09. The van der Waals surface area contributed by atoms with Gasteiger partial charge in [0.05, 0.1) is 22.6 Å². The maximum absolute atomic E-state index is 12.5. The number of benzene rings is 3. The summed E-state index contributed by atoms with van der Waals surface area (Å²) in [6.45, 7) is 0. The van der Waals surface area contributed by atoms with Gasteiger partial charge in [0.2, 0.25) is 0 Å². The summed E-state index contributed by atoms with van der Waals surface area (Å²) < 4.78 is 0. The molecule has 0 unspecified atom stereocenters. The van der Waals surface area contributed by atoms with Crippen LogP contribution in [0.4, 0.5) is 16.2 Å². The summed E-state index contributed by atoms with van der Waals surface area (Å²) in [5.74, 6) is 0.550. The van der Waals surface area contributed by atoms with E-state index in [0.29, 0.717) is 33.5 Å². The van der Waals surface area contributed by atoms with Gasteiger partial charge in [-0.25, -0.2) is 14.8 Å². The van der Waals surface area contributed by atoms with Crippen LogP contribution in [0.25, 0.3) is 22.6 Å². The Bertz CT molecular complexity index is 1130. The maximum atomic E-state index is 12.5. The summed E-state index contributed by atoms with van der Waals surface area (Å²) in [5.41, 5.74) is 3.29. The monoisotopic (exact) mass is 400 g/mol. The molecular formula is C23H17ClN4O. The van der Waals surface area contributed by atoms with Crippen molar-refractivity contribution in [1.29, 1.82) is 0 Å². The van der Waals surface area contributed by atoms with Crippen molar-refractivity contribution in [3.8, 4) is 22.6 Å². The molecule has 0 aliphatic carbocycles. The second-order valence-corrected chi connectivity index (χ2v) is 6.65. The molecule has 6 heteroatoms. The Morgan fingerprint density at radius 1 is 0.793 bits per heavy atom. The van der Waals surface area contributed by atoms with E-state index < -0.39 is 0 Å². The molecule has 0 radical (unpaired) electrons. The number of anilines is 2. The quantitative estimate of drug-likeness (QED) is 0.434. The molecule has 0 fully saturated rings. The summed E-state index contributed by atoms with van der Waals surface area (Å²) >= 11 is 6.41. The summed E-state index contributed by atoms with van der Waals surface area (Å²) in [7, 11) is 0. The first-order valence-corrected chi connectivity index (χ1v) is 9.39. The largest absolute Gasteiger partial charge is 0.323 e. The van der Waals surface area contributed by atoms with Gasteiger partial charge in [-0.15, -0.1) is 0 Å². The van der Waals surface area contributed by atoms with E-state index in [-0.39, 0.29) is 6.03 Å². The second kappa shape index (κ2) is 8.54. The molecule has 0 bridgehead atoms. The maximum Gasteiger partial charge on any atom is 0.323 e. The number of carbonyl (C=O) groups is 1. The number of carbonyl (C=O) groups excluding carboxylic acids is 1. The molecule has 0 saturated carbocycles. The number of hydrogen-bond acceptors (Lipinski definition) is 3. The van der Waals surface area contributed by atoms with Crippen molar-refractivity contribution in [2.75, 3.05) is 10.6 Å². The Balaban J connectivity index is 1.71. The van der Waals surface area contributed by atoms with Crippen molar-refractivity contribution in [3.05, 3.63) is 96.1 Å². The van der Waals surface area contributed by atoms with Gasteiger partial charge in [0.1, 0.15) is 0 Å².